The van der Waals surface area contributed by atoms with Gasteiger partial charge in [-0.2, -0.15) is 18.3 Å². The highest BCUT2D eigenvalue weighted by molar-refractivity contribution is 7.13. The molecule has 0 saturated carbocycles. The maximum atomic E-state index is 13.6. The van der Waals surface area contributed by atoms with Crippen LogP contribution in [0.15, 0.2) is 57.6 Å². The van der Waals surface area contributed by atoms with Crippen LogP contribution >= 0.6 is 22.9 Å². The van der Waals surface area contributed by atoms with Crippen LogP contribution in [0, 0.1) is 0 Å². The topological polar surface area (TPSA) is 81.9 Å². The molecule has 1 aromatic carbocycles. The predicted octanol–water partition coefficient (Wildman–Crippen LogP) is 4.51. The van der Waals surface area contributed by atoms with E-state index in [0.29, 0.717) is 5.56 Å². The van der Waals surface area contributed by atoms with Crippen molar-refractivity contribution < 1.29 is 17.9 Å². The third-order valence-corrected chi connectivity index (χ3v) is 5.74. The monoisotopic (exact) mass is 482 g/mol. The molecule has 0 aliphatic heterocycles. The molecule has 0 unspecified atom stereocenters. The molecule has 0 spiro atoms. The first-order chi connectivity index (χ1) is 15.1. The predicted molar refractivity (Wildman–Crippen MR) is 113 cm³/mol. The Morgan fingerprint density at radius 2 is 2.00 bits per heavy atom. The summed E-state index contributed by atoms with van der Waals surface area (Å²) in [6.07, 6.45) is -3.85. The average Bonchev–Trinajstić information content (AvgIpc) is 3.36. The number of rotatable bonds is 5. The van der Waals surface area contributed by atoms with Gasteiger partial charge in [0.05, 0.1) is 6.54 Å². The first-order valence-electron chi connectivity index (χ1n) is 9.06. The van der Waals surface area contributed by atoms with Gasteiger partial charge in [0.25, 0.3) is 5.56 Å². The summed E-state index contributed by atoms with van der Waals surface area (Å²) in [5.41, 5.74) is -2.14. The lowest BCUT2D eigenvalue weighted by molar-refractivity contribution is -0.138. The van der Waals surface area contributed by atoms with E-state index in [9.17, 15) is 22.8 Å². The SMILES string of the molecule is Cn1c(Cn2ccc(C(F)(F)F)c(Oc3cc(Cl)cc(-c4cccs4)c3)c2=O)n[nH]c1=O. The number of benzene rings is 1. The molecule has 4 rings (SSSR count). The third kappa shape index (κ3) is 4.34. The van der Waals surface area contributed by atoms with E-state index in [4.69, 9.17) is 16.3 Å². The number of hydrogen-bond acceptors (Lipinski definition) is 5. The lowest BCUT2D eigenvalue weighted by Gasteiger charge is -2.16. The summed E-state index contributed by atoms with van der Waals surface area (Å²) in [6.45, 7) is -0.238. The molecule has 12 heteroatoms. The van der Waals surface area contributed by atoms with Crippen molar-refractivity contribution in [2.75, 3.05) is 0 Å². The molecule has 166 valence electrons. The normalized spacial score (nSPS) is 11.7. The fourth-order valence-corrected chi connectivity index (χ4v) is 3.94. The number of nitrogens with one attached hydrogen (secondary N) is 1. The zero-order valence-electron chi connectivity index (χ0n) is 16.3. The first kappa shape index (κ1) is 21.9. The Bertz CT molecular complexity index is 1390. The summed E-state index contributed by atoms with van der Waals surface area (Å²) in [4.78, 5) is 25.3. The van der Waals surface area contributed by atoms with Crippen LogP contribution in [0.5, 0.6) is 11.5 Å². The highest BCUT2D eigenvalue weighted by Gasteiger charge is 2.36. The molecular formula is C20H14ClF3N4O3S. The Hall–Kier alpha value is -3.31. The van der Waals surface area contributed by atoms with Gasteiger partial charge in [-0.15, -0.1) is 11.3 Å². The van der Waals surface area contributed by atoms with E-state index in [1.54, 1.807) is 6.07 Å². The second kappa shape index (κ2) is 8.32. The lowest BCUT2D eigenvalue weighted by Crippen LogP contribution is -2.26. The van der Waals surface area contributed by atoms with Crippen LogP contribution in [-0.2, 0) is 19.8 Å². The fraction of sp³-hybridized carbons (Fsp3) is 0.150. The molecule has 0 fully saturated rings. The van der Waals surface area contributed by atoms with Crippen LogP contribution in [-0.4, -0.2) is 19.3 Å². The van der Waals surface area contributed by atoms with Gasteiger partial charge in [0.1, 0.15) is 11.3 Å². The van der Waals surface area contributed by atoms with Gasteiger partial charge in [0, 0.05) is 23.1 Å². The fourth-order valence-electron chi connectivity index (χ4n) is 3.00. The number of hydrogen-bond donors (Lipinski definition) is 1. The number of pyridine rings is 1. The van der Waals surface area contributed by atoms with Gasteiger partial charge < -0.3 is 9.30 Å². The number of aromatic nitrogens is 4. The quantitative estimate of drug-likeness (QED) is 0.454. The minimum atomic E-state index is -4.83. The summed E-state index contributed by atoms with van der Waals surface area (Å²) in [5.74, 6) is -0.765. The van der Waals surface area contributed by atoms with E-state index in [0.717, 1.165) is 26.3 Å². The van der Waals surface area contributed by atoms with Crippen LogP contribution < -0.4 is 16.0 Å². The molecular weight excluding hydrogens is 469 g/mol. The minimum Gasteiger partial charge on any atom is -0.451 e. The molecule has 32 heavy (non-hydrogen) atoms. The van der Waals surface area contributed by atoms with E-state index in [2.05, 4.69) is 10.2 Å². The molecule has 7 nitrogen and oxygen atoms in total. The summed E-state index contributed by atoms with van der Waals surface area (Å²) >= 11 is 7.56. The number of thiophene rings is 1. The molecule has 1 N–H and O–H groups in total. The van der Waals surface area contributed by atoms with Crippen molar-refractivity contribution in [3.63, 3.8) is 0 Å². The number of alkyl halides is 3. The maximum absolute atomic E-state index is 13.6. The minimum absolute atomic E-state index is 0.0200. The van der Waals surface area contributed by atoms with Crippen LogP contribution in [0.2, 0.25) is 5.02 Å². The highest BCUT2D eigenvalue weighted by atomic mass is 35.5. The van der Waals surface area contributed by atoms with Crippen molar-refractivity contribution >= 4 is 22.9 Å². The van der Waals surface area contributed by atoms with Gasteiger partial charge in [-0.3, -0.25) is 9.36 Å². The molecule has 0 aliphatic carbocycles. The van der Waals surface area contributed by atoms with Gasteiger partial charge in [-0.05, 0) is 41.3 Å². The van der Waals surface area contributed by atoms with Crippen molar-refractivity contribution in [1.82, 2.24) is 19.3 Å². The largest absolute Gasteiger partial charge is 0.451 e. The third-order valence-electron chi connectivity index (χ3n) is 4.61. The van der Waals surface area contributed by atoms with Crippen LogP contribution in [0.25, 0.3) is 10.4 Å². The number of H-pyrrole nitrogens is 1. The Kier molecular flexibility index (Phi) is 5.70. The molecule has 0 amide bonds. The zero-order chi connectivity index (χ0) is 23.0. The molecule has 3 aromatic heterocycles. The van der Waals surface area contributed by atoms with E-state index < -0.39 is 28.7 Å². The maximum Gasteiger partial charge on any atom is 0.420 e. The van der Waals surface area contributed by atoms with Gasteiger partial charge in [-0.25, -0.2) is 9.89 Å². The number of nitrogens with zero attached hydrogens (tertiary/aromatic N) is 3. The Labute approximate surface area is 187 Å². The molecule has 0 radical (unpaired) electrons. The Morgan fingerprint density at radius 3 is 2.62 bits per heavy atom. The number of ether oxygens (including phenoxy) is 1. The summed E-state index contributed by atoms with van der Waals surface area (Å²) < 4.78 is 48.5. The summed E-state index contributed by atoms with van der Waals surface area (Å²) in [7, 11) is 1.42. The number of halogens is 4. The molecule has 3 heterocycles. The molecule has 0 aliphatic rings. The highest BCUT2D eigenvalue weighted by Crippen LogP contribution is 2.38. The van der Waals surface area contributed by atoms with Crippen LogP contribution in [0.4, 0.5) is 13.2 Å². The zero-order valence-corrected chi connectivity index (χ0v) is 17.9. The lowest BCUT2D eigenvalue weighted by atomic mass is 10.2. The molecule has 4 aromatic rings. The van der Waals surface area contributed by atoms with Gasteiger partial charge in [0.2, 0.25) is 5.75 Å². The Balaban J connectivity index is 1.79. The standard InChI is InChI=1S/C20H14ClF3N4O3S/c1-27-16(25-26-19(27)30)10-28-5-4-14(20(22,23)24)17(18(28)29)31-13-8-11(7-12(21)9-13)15-3-2-6-32-15/h2-9H,10H2,1H3,(H,26,30). The van der Waals surface area contributed by atoms with Crippen molar-refractivity contribution in [2.24, 2.45) is 7.05 Å². The van der Waals surface area contributed by atoms with Crippen molar-refractivity contribution in [3.05, 3.63) is 85.2 Å². The van der Waals surface area contributed by atoms with Crippen LogP contribution in [0.1, 0.15) is 11.4 Å². The summed E-state index contributed by atoms with van der Waals surface area (Å²) in [5, 5.41) is 8.07. The second-order valence-corrected chi connectivity index (χ2v) is 8.13. The van der Waals surface area contributed by atoms with Crippen molar-refractivity contribution in [1.29, 1.82) is 0 Å². The molecule has 0 saturated heterocycles. The van der Waals surface area contributed by atoms with E-state index in [-0.39, 0.29) is 23.1 Å². The molecule has 0 atom stereocenters. The molecule has 0 bridgehead atoms. The van der Waals surface area contributed by atoms with Crippen molar-refractivity contribution in [2.45, 2.75) is 12.7 Å². The van der Waals surface area contributed by atoms with Gasteiger partial charge in [0.15, 0.2) is 5.82 Å². The summed E-state index contributed by atoms with van der Waals surface area (Å²) in [6, 6.07) is 8.86. The number of aromatic amines is 1. The second-order valence-electron chi connectivity index (χ2n) is 6.75. The van der Waals surface area contributed by atoms with E-state index in [1.807, 2.05) is 17.5 Å². The van der Waals surface area contributed by atoms with Gasteiger partial charge in [-0.1, -0.05) is 17.7 Å². The smallest absolute Gasteiger partial charge is 0.420 e. The van der Waals surface area contributed by atoms with Crippen molar-refractivity contribution in [3.8, 4) is 21.9 Å². The van der Waals surface area contributed by atoms with E-state index >= 15 is 0 Å². The average molecular weight is 483 g/mol. The van der Waals surface area contributed by atoms with E-state index in [1.165, 1.54) is 30.5 Å². The van der Waals surface area contributed by atoms with Gasteiger partial charge >= 0.3 is 11.9 Å². The first-order valence-corrected chi connectivity index (χ1v) is 10.3. The van der Waals surface area contributed by atoms with Crippen LogP contribution in [0.3, 0.4) is 0 Å². The Morgan fingerprint density at radius 1 is 1.22 bits per heavy atom.